The summed E-state index contributed by atoms with van der Waals surface area (Å²) in [5, 5.41) is 24.7. The summed E-state index contributed by atoms with van der Waals surface area (Å²) in [6, 6.07) is 19.4. The number of benzene rings is 3. The van der Waals surface area contributed by atoms with Crippen LogP contribution >= 0.6 is 11.6 Å². The highest BCUT2D eigenvalue weighted by Crippen LogP contribution is 2.36. The lowest BCUT2D eigenvalue weighted by molar-refractivity contribution is -0.122. The first-order valence-electron chi connectivity index (χ1n) is 14.0. The van der Waals surface area contributed by atoms with Gasteiger partial charge in [0.1, 0.15) is 11.9 Å². The number of aliphatic imine (C=N–C) groups is 1. The van der Waals surface area contributed by atoms with Gasteiger partial charge >= 0.3 is 7.12 Å². The molecule has 5 rings (SSSR count). The average Bonchev–Trinajstić information content (AvgIpc) is 3.32. The van der Waals surface area contributed by atoms with Gasteiger partial charge in [-0.25, -0.2) is 10.9 Å². The van der Waals surface area contributed by atoms with Gasteiger partial charge in [0, 0.05) is 34.9 Å². The number of fused-ring (bicyclic) bond motifs is 3. The number of nitrogens with one attached hydrogen (secondary N) is 4. The van der Waals surface area contributed by atoms with Crippen molar-refractivity contribution in [2.75, 3.05) is 25.1 Å². The molecule has 13 heteroatoms. The molecule has 0 bridgehead atoms. The van der Waals surface area contributed by atoms with Crippen LogP contribution in [-0.2, 0) is 16.0 Å². The molecular weight excluding hydrogens is 571 g/mol. The average molecular weight is 605 g/mol. The van der Waals surface area contributed by atoms with Crippen LogP contribution in [0.15, 0.2) is 71.7 Å². The predicted molar refractivity (Wildman–Crippen MR) is 166 cm³/mol. The minimum absolute atomic E-state index is 0.0670. The Bertz CT molecular complexity index is 1490. The van der Waals surface area contributed by atoms with Crippen molar-refractivity contribution in [3.63, 3.8) is 0 Å². The highest BCUT2D eigenvalue weighted by molar-refractivity contribution is 6.58. The molecule has 1 fully saturated rings. The largest absolute Gasteiger partial charge is 0.497 e. The van der Waals surface area contributed by atoms with Crippen LogP contribution in [0.25, 0.3) is 0 Å². The lowest BCUT2D eigenvalue weighted by Gasteiger charge is -2.31. The summed E-state index contributed by atoms with van der Waals surface area (Å²) < 4.78 is 5.53. The third-order valence-electron chi connectivity index (χ3n) is 7.48. The molecule has 11 nitrogen and oxygen atoms in total. The lowest BCUT2D eigenvalue weighted by Crippen LogP contribution is -2.48. The minimum Gasteiger partial charge on any atom is -0.497 e. The zero-order chi connectivity index (χ0) is 30.5. The SMILES string of the molecule is COc1ccc2c(c1)C(c1ccc(Cl)cc1)=NC(CC(=O)NCCNC(=O)Cc1ccc(B(O)O)cc1)C1NNC(C)N21. The van der Waals surface area contributed by atoms with E-state index in [0.717, 1.165) is 28.1 Å². The zero-order valence-electron chi connectivity index (χ0n) is 23.9. The molecule has 224 valence electrons. The van der Waals surface area contributed by atoms with Gasteiger partial charge in [-0.15, -0.1) is 0 Å². The molecule has 0 spiro atoms. The number of rotatable bonds is 10. The second-order valence-corrected chi connectivity index (χ2v) is 10.9. The highest BCUT2D eigenvalue weighted by atomic mass is 35.5. The van der Waals surface area contributed by atoms with E-state index in [-0.39, 0.29) is 50.1 Å². The van der Waals surface area contributed by atoms with Crippen molar-refractivity contribution in [2.24, 2.45) is 4.99 Å². The number of hydrazine groups is 1. The van der Waals surface area contributed by atoms with Crippen LogP contribution in [0.4, 0.5) is 5.69 Å². The van der Waals surface area contributed by atoms with Crippen LogP contribution in [0.3, 0.4) is 0 Å². The molecule has 0 radical (unpaired) electrons. The number of amides is 2. The first-order chi connectivity index (χ1) is 20.7. The maximum absolute atomic E-state index is 13.1. The van der Waals surface area contributed by atoms with Crippen LogP contribution < -0.4 is 36.6 Å². The first-order valence-corrected chi connectivity index (χ1v) is 14.4. The molecule has 2 aliphatic heterocycles. The van der Waals surface area contributed by atoms with E-state index in [1.807, 2.05) is 49.4 Å². The number of halogens is 1. The van der Waals surface area contributed by atoms with E-state index in [1.54, 1.807) is 31.4 Å². The normalized spacial score (nSPS) is 19.0. The van der Waals surface area contributed by atoms with E-state index in [0.29, 0.717) is 16.2 Å². The van der Waals surface area contributed by atoms with Gasteiger partial charge in [0.15, 0.2) is 0 Å². The molecular formula is C30H34BClN6O5. The van der Waals surface area contributed by atoms with Crippen molar-refractivity contribution in [3.8, 4) is 5.75 Å². The number of carbonyl (C=O) groups is 2. The Morgan fingerprint density at radius 2 is 1.70 bits per heavy atom. The van der Waals surface area contributed by atoms with Crippen molar-refractivity contribution < 1.29 is 24.4 Å². The highest BCUT2D eigenvalue weighted by Gasteiger charge is 2.40. The smallest absolute Gasteiger partial charge is 0.488 e. The van der Waals surface area contributed by atoms with Crippen molar-refractivity contribution in [3.05, 3.63) is 88.4 Å². The van der Waals surface area contributed by atoms with Gasteiger partial charge in [0.2, 0.25) is 11.8 Å². The van der Waals surface area contributed by atoms with Crippen LogP contribution in [0.2, 0.25) is 5.02 Å². The fourth-order valence-corrected chi connectivity index (χ4v) is 5.43. The second-order valence-electron chi connectivity index (χ2n) is 10.4. The predicted octanol–water partition coefficient (Wildman–Crippen LogP) is 0.700. The molecule has 1 saturated heterocycles. The van der Waals surface area contributed by atoms with Gasteiger partial charge in [-0.3, -0.25) is 14.6 Å². The molecule has 2 amide bonds. The first kappa shape index (κ1) is 30.5. The maximum Gasteiger partial charge on any atom is 0.488 e. The van der Waals surface area contributed by atoms with E-state index in [9.17, 15) is 19.6 Å². The van der Waals surface area contributed by atoms with E-state index in [4.69, 9.17) is 21.3 Å². The molecule has 43 heavy (non-hydrogen) atoms. The monoisotopic (exact) mass is 604 g/mol. The summed E-state index contributed by atoms with van der Waals surface area (Å²) in [4.78, 5) is 32.8. The standard InChI is InChI=1S/C30H34BClN6O5/c1-18-36-37-30-25(17-28(40)34-14-13-33-27(39)15-19-3-7-21(8-4-19)31(41)42)35-29(20-5-9-22(32)10-6-20)24-16-23(43-2)11-12-26(24)38(18)30/h3-12,16,18,25,30,36-37,41-42H,13-15,17H2,1-2H3,(H,33,39)(H,34,40). The Labute approximate surface area is 255 Å². The number of methoxy groups -OCH3 is 1. The maximum atomic E-state index is 13.1. The van der Waals surface area contributed by atoms with Gasteiger partial charge in [-0.2, -0.15) is 0 Å². The molecule has 2 aliphatic rings. The van der Waals surface area contributed by atoms with Crippen molar-refractivity contribution in [1.29, 1.82) is 0 Å². The Balaban J connectivity index is 1.26. The summed E-state index contributed by atoms with van der Waals surface area (Å²) in [7, 11) is 0.0731. The Kier molecular flexibility index (Phi) is 9.64. The Hall–Kier alpha value is -3.94. The van der Waals surface area contributed by atoms with Gasteiger partial charge in [0.05, 0.1) is 37.9 Å². The third kappa shape index (κ3) is 7.18. The third-order valence-corrected chi connectivity index (χ3v) is 7.73. The summed E-state index contributed by atoms with van der Waals surface area (Å²) in [6.07, 6.45) is -0.111. The topological polar surface area (TPSA) is 148 Å². The number of anilines is 1. The van der Waals surface area contributed by atoms with Gasteiger partial charge < -0.3 is 30.3 Å². The van der Waals surface area contributed by atoms with Crippen molar-refractivity contribution >= 4 is 47.4 Å². The quantitative estimate of drug-likeness (QED) is 0.146. The van der Waals surface area contributed by atoms with Gasteiger partial charge in [0.25, 0.3) is 0 Å². The molecule has 6 N–H and O–H groups in total. The van der Waals surface area contributed by atoms with Crippen LogP contribution in [-0.4, -0.2) is 73.3 Å². The summed E-state index contributed by atoms with van der Waals surface area (Å²) in [6.45, 7) is 2.56. The van der Waals surface area contributed by atoms with Crippen LogP contribution in [0.1, 0.15) is 30.0 Å². The zero-order valence-corrected chi connectivity index (χ0v) is 24.6. The van der Waals surface area contributed by atoms with Gasteiger partial charge in [-0.1, -0.05) is 48.0 Å². The lowest BCUT2D eigenvalue weighted by atomic mass is 9.80. The molecule has 0 aromatic heterocycles. The van der Waals surface area contributed by atoms with Crippen LogP contribution in [0, 0.1) is 0 Å². The van der Waals surface area contributed by atoms with Crippen molar-refractivity contribution in [2.45, 2.75) is 38.1 Å². The molecule has 0 saturated carbocycles. The Morgan fingerprint density at radius 1 is 1.00 bits per heavy atom. The van der Waals surface area contributed by atoms with E-state index >= 15 is 0 Å². The second kappa shape index (κ2) is 13.6. The fraction of sp³-hybridized carbons (Fsp3) is 0.300. The van der Waals surface area contributed by atoms with Crippen LogP contribution in [0.5, 0.6) is 5.75 Å². The number of nitrogens with zero attached hydrogens (tertiary/aromatic N) is 2. The number of carbonyl (C=O) groups excluding carboxylic acids is 2. The number of hydrogen-bond acceptors (Lipinski definition) is 9. The van der Waals surface area contributed by atoms with E-state index < -0.39 is 13.2 Å². The molecule has 2 heterocycles. The van der Waals surface area contributed by atoms with Gasteiger partial charge in [-0.05, 0) is 48.3 Å². The van der Waals surface area contributed by atoms with E-state index in [2.05, 4.69) is 26.4 Å². The number of hydrogen-bond donors (Lipinski definition) is 6. The summed E-state index contributed by atoms with van der Waals surface area (Å²) in [5.74, 6) is 0.303. The summed E-state index contributed by atoms with van der Waals surface area (Å²) >= 11 is 6.18. The Morgan fingerprint density at radius 3 is 2.37 bits per heavy atom. The molecule has 0 aliphatic carbocycles. The van der Waals surface area contributed by atoms with Crippen molar-refractivity contribution in [1.82, 2.24) is 21.5 Å². The minimum atomic E-state index is -1.55. The van der Waals surface area contributed by atoms with E-state index in [1.165, 1.54) is 0 Å². The molecule has 3 unspecified atom stereocenters. The summed E-state index contributed by atoms with van der Waals surface area (Å²) in [5.41, 5.74) is 11.1. The number of ether oxygens (including phenoxy) is 1. The molecule has 3 aromatic carbocycles. The fourth-order valence-electron chi connectivity index (χ4n) is 5.31. The molecule has 3 aromatic rings. The molecule has 3 atom stereocenters.